The first kappa shape index (κ1) is 18.2. The summed E-state index contributed by atoms with van der Waals surface area (Å²) in [5, 5.41) is 39.4. The third-order valence-corrected chi connectivity index (χ3v) is 4.86. The fraction of sp³-hybridized carbons (Fsp3) is 0.368. The molecule has 3 rings (SSSR count). The summed E-state index contributed by atoms with van der Waals surface area (Å²) in [6.07, 6.45) is -2.38. The lowest BCUT2D eigenvalue weighted by molar-refractivity contribution is -0.181. The number of hydrogen-bond acceptors (Lipinski definition) is 5. The van der Waals surface area contributed by atoms with Crippen molar-refractivity contribution in [2.24, 2.45) is 0 Å². The number of halogens is 1. The lowest BCUT2D eigenvalue weighted by Gasteiger charge is -2.37. The van der Waals surface area contributed by atoms with Crippen LogP contribution in [0.4, 0.5) is 0 Å². The molecule has 6 heteroatoms. The van der Waals surface area contributed by atoms with E-state index in [4.69, 9.17) is 16.3 Å². The molecular weight excluding hydrogens is 344 g/mol. The van der Waals surface area contributed by atoms with E-state index in [1.165, 1.54) is 0 Å². The highest BCUT2D eigenvalue weighted by molar-refractivity contribution is 6.31. The zero-order chi connectivity index (χ0) is 18.0. The summed E-state index contributed by atoms with van der Waals surface area (Å²) in [7, 11) is 0. The van der Waals surface area contributed by atoms with Gasteiger partial charge < -0.3 is 25.2 Å². The van der Waals surface area contributed by atoms with E-state index in [1.807, 2.05) is 18.2 Å². The maximum Gasteiger partial charge on any atom is 0.115 e. The van der Waals surface area contributed by atoms with Crippen LogP contribution in [0.25, 0.3) is 0 Å². The predicted molar refractivity (Wildman–Crippen MR) is 93.7 cm³/mol. The largest absolute Gasteiger partial charge is 0.508 e. The van der Waals surface area contributed by atoms with Gasteiger partial charge in [0.1, 0.15) is 18.0 Å². The molecule has 4 atom stereocenters. The van der Waals surface area contributed by atoms with Gasteiger partial charge in [0, 0.05) is 11.4 Å². The van der Waals surface area contributed by atoms with Crippen molar-refractivity contribution < 1.29 is 25.2 Å². The first-order chi connectivity index (χ1) is 12.0. The minimum absolute atomic E-state index is 0.145. The Balaban J connectivity index is 1.84. The molecule has 0 radical (unpaired) electrons. The Kier molecular flexibility index (Phi) is 5.61. The van der Waals surface area contributed by atoms with Gasteiger partial charge in [0.05, 0.1) is 18.8 Å². The Bertz CT molecular complexity index is 718. The van der Waals surface area contributed by atoms with Crippen molar-refractivity contribution in [2.75, 3.05) is 6.61 Å². The second-order valence-corrected chi connectivity index (χ2v) is 6.75. The van der Waals surface area contributed by atoms with Crippen LogP contribution in [-0.4, -0.2) is 45.3 Å². The summed E-state index contributed by atoms with van der Waals surface area (Å²) in [6, 6.07) is 12.3. The summed E-state index contributed by atoms with van der Waals surface area (Å²) in [4.78, 5) is 0. The van der Waals surface area contributed by atoms with Gasteiger partial charge in [-0.15, -0.1) is 0 Å². The zero-order valence-corrected chi connectivity index (χ0v) is 14.3. The Labute approximate surface area is 151 Å². The van der Waals surface area contributed by atoms with Gasteiger partial charge in [-0.1, -0.05) is 35.9 Å². The molecule has 0 aromatic heterocycles. The Hall–Kier alpha value is -1.63. The molecule has 5 nitrogen and oxygen atoms in total. The van der Waals surface area contributed by atoms with Gasteiger partial charge in [-0.05, 0) is 41.3 Å². The van der Waals surface area contributed by atoms with Crippen molar-refractivity contribution in [3.05, 3.63) is 64.2 Å². The molecule has 0 amide bonds. The monoisotopic (exact) mass is 364 g/mol. The van der Waals surface area contributed by atoms with Gasteiger partial charge in [-0.2, -0.15) is 0 Å². The summed E-state index contributed by atoms with van der Waals surface area (Å²) in [6.45, 7) is -0.307. The third kappa shape index (κ3) is 4.14. The second kappa shape index (κ2) is 7.72. The minimum Gasteiger partial charge on any atom is -0.508 e. The van der Waals surface area contributed by atoms with Gasteiger partial charge >= 0.3 is 0 Å². The van der Waals surface area contributed by atoms with Crippen LogP contribution < -0.4 is 0 Å². The molecule has 4 N–H and O–H groups in total. The first-order valence-corrected chi connectivity index (χ1v) is 8.54. The van der Waals surface area contributed by atoms with Crippen molar-refractivity contribution in [2.45, 2.75) is 37.3 Å². The number of aliphatic hydroxyl groups excluding tert-OH is 3. The molecule has 134 valence electrons. The molecular formula is C19H21ClO5. The van der Waals surface area contributed by atoms with E-state index in [-0.39, 0.29) is 18.8 Å². The normalized spacial score (nSPS) is 26.6. The van der Waals surface area contributed by atoms with Crippen LogP contribution in [0.5, 0.6) is 5.75 Å². The van der Waals surface area contributed by atoms with E-state index in [2.05, 4.69) is 0 Å². The second-order valence-electron chi connectivity index (χ2n) is 6.34. The van der Waals surface area contributed by atoms with Gasteiger partial charge in [0.25, 0.3) is 0 Å². The number of aromatic hydroxyl groups is 1. The van der Waals surface area contributed by atoms with E-state index in [1.54, 1.807) is 24.3 Å². The van der Waals surface area contributed by atoms with Crippen LogP contribution in [0.3, 0.4) is 0 Å². The number of phenolic OH excluding ortho intramolecular Hbond substituents is 1. The molecule has 2 aromatic rings. The van der Waals surface area contributed by atoms with Crippen LogP contribution in [0.1, 0.15) is 29.2 Å². The number of benzene rings is 2. The van der Waals surface area contributed by atoms with E-state index in [9.17, 15) is 20.4 Å². The molecule has 0 saturated carbocycles. The molecule has 25 heavy (non-hydrogen) atoms. The molecule has 1 aliphatic heterocycles. The summed E-state index contributed by atoms with van der Waals surface area (Å²) >= 11 is 6.30. The van der Waals surface area contributed by atoms with Gasteiger partial charge in [0.15, 0.2) is 0 Å². The van der Waals surface area contributed by atoms with E-state index < -0.39 is 24.4 Å². The Morgan fingerprint density at radius 2 is 1.76 bits per heavy atom. The third-order valence-electron chi connectivity index (χ3n) is 4.49. The molecule has 1 saturated heterocycles. The average Bonchev–Trinajstić information content (AvgIpc) is 2.59. The van der Waals surface area contributed by atoms with Crippen molar-refractivity contribution in [1.29, 1.82) is 0 Å². The number of rotatable bonds is 4. The molecule has 1 aliphatic rings. The van der Waals surface area contributed by atoms with Gasteiger partial charge in [-0.3, -0.25) is 0 Å². The predicted octanol–water partition coefficient (Wildman–Crippen LogP) is 2.18. The maximum absolute atomic E-state index is 10.3. The minimum atomic E-state index is -0.889. The van der Waals surface area contributed by atoms with Crippen molar-refractivity contribution >= 4 is 11.6 Å². The summed E-state index contributed by atoms with van der Waals surface area (Å²) < 4.78 is 5.68. The molecule has 0 aliphatic carbocycles. The van der Waals surface area contributed by atoms with Crippen LogP contribution in [-0.2, 0) is 11.2 Å². The number of ether oxygens (including phenoxy) is 1. The summed E-state index contributed by atoms with van der Waals surface area (Å²) in [5.41, 5.74) is 2.61. The molecule has 4 unspecified atom stereocenters. The van der Waals surface area contributed by atoms with Crippen LogP contribution in [0, 0.1) is 0 Å². The number of phenols is 1. The van der Waals surface area contributed by atoms with Crippen molar-refractivity contribution in [3.8, 4) is 5.75 Å². The smallest absolute Gasteiger partial charge is 0.115 e. The summed E-state index contributed by atoms with van der Waals surface area (Å²) in [5.74, 6) is 0.205. The van der Waals surface area contributed by atoms with E-state index >= 15 is 0 Å². The Morgan fingerprint density at radius 3 is 2.44 bits per heavy atom. The molecule has 2 aromatic carbocycles. The lowest BCUT2D eigenvalue weighted by Crippen LogP contribution is -2.44. The van der Waals surface area contributed by atoms with Gasteiger partial charge in [0.2, 0.25) is 0 Å². The van der Waals surface area contributed by atoms with E-state index in [0.717, 1.165) is 16.7 Å². The SMILES string of the molecule is OCC1OC(c2ccc(Cl)c(Cc3ccc(O)cc3)c2)C(O)CC1O. The van der Waals surface area contributed by atoms with E-state index in [0.29, 0.717) is 11.4 Å². The van der Waals surface area contributed by atoms with Crippen molar-refractivity contribution in [3.63, 3.8) is 0 Å². The highest BCUT2D eigenvalue weighted by atomic mass is 35.5. The quantitative estimate of drug-likeness (QED) is 0.667. The molecule has 0 spiro atoms. The zero-order valence-electron chi connectivity index (χ0n) is 13.5. The number of aliphatic hydroxyl groups is 3. The first-order valence-electron chi connectivity index (χ1n) is 8.16. The fourth-order valence-electron chi connectivity index (χ4n) is 3.10. The standard InChI is InChI=1S/C19H21ClO5/c20-15-6-3-12(19-17(24)9-16(23)18(10-21)25-19)8-13(15)7-11-1-4-14(22)5-2-11/h1-6,8,16-19,21-24H,7,9-10H2. The Morgan fingerprint density at radius 1 is 1.04 bits per heavy atom. The fourth-order valence-corrected chi connectivity index (χ4v) is 3.28. The topological polar surface area (TPSA) is 90.2 Å². The van der Waals surface area contributed by atoms with Gasteiger partial charge in [-0.25, -0.2) is 0 Å². The number of hydrogen-bond donors (Lipinski definition) is 4. The molecule has 1 fully saturated rings. The molecule has 0 bridgehead atoms. The highest BCUT2D eigenvalue weighted by Gasteiger charge is 2.36. The maximum atomic E-state index is 10.3. The lowest BCUT2D eigenvalue weighted by atomic mass is 9.92. The van der Waals surface area contributed by atoms with Crippen LogP contribution >= 0.6 is 11.6 Å². The highest BCUT2D eigenvalue weighted by Crippen LogP contribution is 2.34. The van der Waals surface area contributed by atoms with Crippen molar-refractivity contribution in [1.82, 2.24) is 0 Å². The average molecular weight is 365 g/mol. The van der Waals surface area contributed by atoms with Crippen LogP contribution in [0.2, 0.25) is 5.02 Å². The molecule has 1 heterocycles. The van der Waals surface area contributed by atoms with Crippen LogP contribution in [0.15, 0.2) is 42.5 Å².